The van der Waals surface area contributed by atoms with E-state index in [0.29, 0.717) is 11.4 Å². The molecule has 128 valence electrons. The lowest BCUT2D eigenvalue weighted by molar-refractivity contribution is 0.102. The summed E-state index contributed by atoms with van der Waals surface area (Å²) >= 11 is 0. The molecule has 1 heterocycles. The van der Waals surface area contributed by atoms with Crippen LogP contribution in [0.3, 0.4) is 0 Å². The van der Waals surface area contributed by atoms with Crippen LogP contribution in [-0.4, -0.2) is 15.7 Å². The molecule has 4 nitrogen and oxygen atoms in total. The van der Waals surface area contributed by atoms with Crippen LogP contribution in [0.1, 0.15) is 16.1 Å². The fourth-order valence-electron chi connectivity index (χ4n) is 2.87. The van der Waals surface area contributed by atoms with Crippen LogP contribution in [0.25, 0.3) is 16.6 Å². The second-order valence-corrected chi connectivity index (χ2v) is 6.08. The number of rotatable bonds is 3. The van der Waals surface area contributed by atoms with E-state index < -0.39 is 5.82 Å². The molecule has 0 atom stereocenters. The van der Waals surface area contributed by atoms with Gasteiger partial charge >= 0.3 is 0 Å². The Morgan fingerprint density at radius 3 is 2.54 bits per heavy atom. The second kappa shape index (κ2) is 6.44. The number of fused-ring (bicyclic) bond motifs is 1. The first-order valence-electron chi connectivity index (χ1n) is 8.23. The standard InChI is InChI=1S/C21H16FN3O/c1-14-9-11-17(12-10-14)25-19-8-3-2-7-18(19)20(24-25)21(26)23-16-6-4-5-15(22)13-16/h2-13H,1H3,(H,23,26). The number of amides is 1. The molecule has 0 saturated carbocycles. The van der Waals surface area contributed by atoms with Gasteiger partial charge < -0.3 is 5.32 Å². The quantitative estimate of drug-likeness (QED) is 0.584. The van der Waals surface area contributed by atoms with Crippen molar-refractivity contribution in [2.75, 3.05) is 5.32 Å². The fourth-order valence-corrected chi connectivity index (χ4v) is 2.87. The minimum atomic E-state index is -0.405. The molecular weight excluding hydrogens is 329 g/mol. The minimum Gasteiger partial charge on any atom is -0.320 e. The number of carbonyl (C=O) groups excluding carboxylic acids is 1. The number of aromatic nitrogens is 2. The maximum absolute atomic E-state index is 13.4. The Hall–Kier alpha value is -3.47. The molecule has 26 heavy (non-hydrogen) atoms. The summed E-state index contributed by atoms with van der Waals surface area (Å²) in [6.45, 7) is 2.02. The number of nitrogens with zero attached hydrogens (tertiary/aromatic N) is 2. The first kappa shape index (κ1) is 16.0. The minimum absolute atomic E-state index is 0.297. The Morgan fingerprint density at radius 2 is 1.77 bits per heavy atom. The smallest absolute Gasteiger partial charge is 0.276 e. The second-order valence-electron chi connectivity index (χ2n) is 6.08. The van der Waals surface area contributed by atoms with E-state index in [1.165, 1.54) is 12.1 Å². The average molecular weight is 345 g/mol. The Morgan fingerprint density at radius 1 is 1.00 bits per heavy atom. The third kappa shape index (κ3) is 2.95. The summed E-state index contributed by atoms with van der Waals surface area (Å²) in [5.74, 6) is -0.782. The Balaban J connectivity index is 1.78. The van der Waals surface area contributed by atoms with Gasteiger partial charge in [-0.25, -0.2) is 9.07 Å². The lowest BCUT2D eigenvalue weighted by Gasteiger charge is -2.04. The van der Waals surface area contributed by atoms with E-state index in [4.69, 9.17) is 0 Å². The molecule has 0 aliphatic carbocycles. The highest BCUT2D eigenvalue weighted by atomic mass is 19.1. The number of aryl methyl sites for hydroxylation is 1. The number of carbonyl (C=O) groups is 1. The molecule has 0 unspecified atom stereocenters. The maximum Gasteiger partial charge on any atom is 0.276 e. The van der Waals surface area contributed by atoms with Gasteiger partial charge in [0.25, 0.3) is 5.91 Å². The predicted octanol–water partition coefficient (Wildman–Crippen LogP) is 4.73. The zero-order valence-corrected chi connectivity index (χ0v) is 14.1. The van der Waals surface area contributed by atoms with Gasteiger partial charge in [0.05, 0.1) is 11.2 Å². The molecule has 3 aromatic carbocycles. The number of para-hydroxylation sites is 1. The highest BCUT2D eigenvalue weighted by molar-refractivity contribution is 6.11. The van der Waals surface area contributed by atoms with Crippen molar-refractivity contribution in [1.29, 1.82) is 0 Å². The van der Waals surface area contributed by atoms with Gasteiger partial charge in [-0.1, -0.05) is 42.0 Å². The van der Waals surface area contributed by atoms with E-state index in [2.05, 4.69) is 10.4 Å². The lowest BCUT2D eigenvalue weighted by Crippen LogP contribution is -2.13. The van der Waals surface area contributed by atoms with Crippen molar-refractivity contribution in [3.8, 4) is 5.69 Å². The van der Waals surface area contributed by atoms with Crippen molar-refractivity contribution in [1.82, 2.24) is 9.78 Å². The van der Waals surface area contributed by atoms with E-state index >= 15 is 0 Å². The Bertz CT molecular complexity index is 1100. The third-order valence-corrected chi connectivity index (χ3v) is 4.16. The summed E-state index contributed by atoms with van der Waals surface area (Å²) in [7, 11) is 0. The molecule has 0 aliphatic heterocycles. The first-order valence-corrected chi connectivity index (χ1v) is 8.23. The van der Waals surface area contributed by atoms with Crippen molar-refractivity contribution in [3.63, 3.8) is 0 Å². The molecule has 5 heteroatoms. The summed E-state index contributed by atoms with van der Waals surface area (Å²) in [5.41, 5.74) is 3.54. The van der Waals surface area contributed by atoms with E-state index in [9.17, 15) is 9.18 Å². The van der Waals surface area contributed by atoms with Crippen LogP contribution in [0.5, 0.6) is 0 Å². The summed E-state index contributed by atoms with van der Waals surface area (Å²) in [4.78, 5) is 12.7. The molecule has 0 bridgehead atoms. The number of anilines is 1. The molecule has 1 N–H and O–H groups in total. The molecule has 1 amide bonds. The van der Waals surface area contributed by atoms with Crippen LogP contribution in [0.2, 0.25) is 0 Å². The molecule has 0 radical (unpaired) electrons. The van der Waals surface area contributed by atoms with Gasteiger partial charge in [0, 0.05) is 11.1 Å². The number of hydrogen-bond donors (Lipinski definition) is 1. The van der Waals surface area contributed by atoms with Crippen LogP contribution < -0.4 is 5.32 Å². The van der Waals surface area contributed by atoms with Gasteiger partial charge in [-0.2, -0.15) is 5.10 Å². The highest BCUT2D eigenvalue weighted by Crippen LogP contribution is 2.23. The number of benzene rings is 3. The van der Waals surface area contributed by atoms with Crippen molar-refractivity contribution in [2.24, 2.45) is 0 Å². The molecule has 4 rings (SSSR count). The Kier molecular flexibility index (Phi) is 3.97. The van der Waals surface area contributed by atoms with Gasteiger partial charge in [0.2, 0.25) is 0 Å². The van der Waals surface area contributed by atoms with Crippen molar-refractivity contribution in [3.05, 3.63) is 89.9 Å². The van der Waals surface area contributed by atoms with Gasteiger partial charge in [0.15, 0.2) is 5.69 Å². The summed E-state index contributed by atoms with van der Waals surface area (Å²) in [6, 6.07) is 21.3. The molecule has 0 saturated heterocycles. The summed E-state index contributed by atoms with van der Waals surface area (Å²) in [6.07, 6.45) is 0. The van der Waals surface area contributed by atoms with E-state index in [1.54, 1.807) is 16.8 Å². The molecule has 0 aliphatic rings. The van der Waals surface area contributed by atoms with Gasteiger partial charge in [-0.15, -0.1) is 0 Å². The number of hydrogen-bond acceptors (Lipinski definition) is 2. The van der Waals surface area contributed by atoms with E-state index in [-0.39, 0.29) is 5.91 Å². The maximum atomic E-state index is 13.4. The van der Waals surface area contributed by atoms with E-state index in [0.717, 1.165) is 22.2 Å². The third-order valence-electron chi connectivity index (χ3n) is 4.16. The molecule has 0 spiro atoms. The van der Waals surface area contributed by atoms with Crippen LogP contribution in [-0.2, 0) is 0 Å². The van der Waals surface area contributed by atoms with E-state index in [1.807, 2.05) is 55.5 Å². The fraction of sp³-hybridized carbons (Fsp3) is 0.0476. The van der Waals surface area contributed by atoms with Crippen molar-refractivity contribution < 1.29 is 9.18 Å². The normalized spacial score (nSPS) is 10.8. The predicted molar refractivity (Wildman–Crippen MR) is 100 cm³/mol. The zero-order chi connectivity index (χ0) is 18.1. The van der Waals surface area contributed by atoms with Crippen LogP contribution in [0.4, 0.5) is 10.1 Å². The largest absolute Gasteiger partial charge is 0.320 e. The molecule has 4 aromatic rings. The number of nitrogens with one attached hydrogen (secondary N) is 1. The summed E-state index contributed by atoms with van der Waals surface area (Å²) < 4.78 is 15.1. The lowest BCUT2D eigenvalue weighted by atomic mass is 10.2. The monoisotopic (exact) mass is 345 g/mol. The van der Waals surface area contributed by atoms with Gasteiger partial charge in [0.1, 0.15) is 5.82 Å². The van der Waals surface area contributed by atoms with Crippen molar-refractivity contribution >= 4 is 22.5 Å². The van der Waals surface area contributed by atoms with Crippen molar-refractivity contribution in [2.45, 2.75) is 6.92 Å². The van der Waals surface area contributed by atoms with Gasteiger partial charge in [-0.05, 0) is 43.3 Å². The highest BCUT2D eigenvalue weighted by Gasteiger charge is 2.18. The Labute approximate surface area is 149 Å². The van der Waals surface area contributed by atoms with Gasteiger partial charge in [-0.3, -0.25) is 4.79 Å². The average Bonchev–Trinajstić information content (AvgIpc) is 3.02. The number of halogens is 1. The van der Waals surface area contributed by atoms with Crippen LogP contribution in [0, 0.1) is 12.7 Å². The molecule has 0 fully saturated rings. The zero-order valence-electron chi connectivity index (χ0n) is 14.1. The SMILES string of the molecule is Cc1ccc(-n2nc(C(=O)Nc3cccc(F)c3)c3ccccc32)cc1. The van der Waals surface area contributed by atoms with Crippen LogP contribution >= 0.6 is 0 Å². The first-order chi connectivity index (χ1) is 12.6. The molecule has 1 aromatic heterocycles. The van der Waals surface area contributed by atoms with Crippen LogP contribution in [0.15, 0.2) is 72.8 Å². The summed E-state index contributed by atoms with van der Waals surface area (Å²) in [5, 5.41) is 7.97. The molecular formula is C21H16FN3O. The topological polar surface area (TPSA) is 46.9 Å².